The second kappa shape index (κ2) is 9.37. The van der Waals surface area contributed by atoms with Gasteiger partial charge in [0.1, 0.15) is 6.04 Å². The number of carbonyl (C=O) groups is 1. The van der Waals surface area contributed by atoms with E-state index in [4.69, 9.17) is 0 Å². The van der Waals surface area contributed by atoms with Gasteiger partial charge in [-0.15, -0.1) is 0 Å². The maximum atomic E-state index is 13.0. The van der Waals surface area contributed by atoms with Gasteiger partial charge < -0.3 is 5.32 Å². The van der Waals surface area contributed by atoms with Crippen molar-refractivity contribution in [1.29, 1.82) is 0 Å². The number of nitrogens with one attached hydrogen (secondary N) is 2. The quantitative estimate of drug-likeness (QED) is 0.622. The largest absolute Gasteiger partial charge is 0.325 e. The van der Waals surface area contributed by atoms with Crippen LogP contribution >= 0.6 is 0 Å². The molecule has 2 aromatic carbocycles. The highest BCUT2D eigenvalue weighted by Crippen LogP contribution is 2.27. The van der Waals surface area contributed by atoms with Crippen LogP contribution in [0.2, 0.25) is 0 Å². The van der Waals surface area contributed by atoms with Crippen LogP contribution in [-0.2, 0) is 24.8 Å². The summed E-state index contributed by atoms with van der Waals surface area (Å²) in [4.78, 5) is 13.0. The van der Waals surface area contributed by atoms with E-state index < -0.39 is 32.0 Å². The molecule has 1 amide bonds. The highest BCUT2D eigenvalue weighted by molar-refractivity contribution is 7.92. The van der Waals surface area contributed by atoms with Gasteiger partial charge in [0.25, 0.3) is 0 Å². The zero-order valence-electron chi connectivity index (χ0n) is 17.5. The molecule has 0 spiro atoms. The lowest BCUT2D eigenvalue weighted by Crippen LogP contribution is -2.43. The first-order valence-corrected chi connectivity index (χ1v) is 13.2. The fourth-order valence-corrected chi connectivity index (χ4v) is 6.27. The summed E-state index contributed by atoms with van der Waals surface area (Å²) >= 11 is 0. The Hall–Kier alpha value is -2.43. The number of hydrogen-bond acceptors (Lipinski definition) is 5. The van der Waals surface area contributed by atoms with Crippen molar-refractivity contribution in [2.24, 2.45) is 0 Å². The maximum Gasteiger partial charge on any atom is 0.243 e. The summed E-state index contributed by atoms with van der Waals surface area (Å²) in [7, 11) is -7.18. The Morgan fingerprint density at radius 1 is 1.00 bits per heavy atom. The van der Waals surface area contributed by atoms with Gasteiger partial charge in [0.2, 0.25) is 26.0 Å². The number of nitrogens with zero attached hydrogens (tertiary/aromatic N) is 1. The normalized spacial score (nSPS) is 17.4. The summed E-state index contributed by atoms with van der Waals surface area (Å²) in [5.41, 5.74) is 1.81. The number of anilines is 2. The topological polar surface area (TPSA) is 113 Å². The van der Waals surface area contributed by atoms with Crippen molar-refractivity contribution in [2.75, 3.05) is 22.3 Å². The Labute approximate surface area is 183 Å². The molecule has 0 saturated carbocycles. The molecule has 1 saturated heterocycles. The lowest BCUT2D eigenvalue weighted by molar-refractivity contribution is -0.119. The molecule has 2 aromatic rings. The predicted octanol–water partition coefficient (Wildman–Crippen LogP) is 2.94. The molecule has 0 radical (unpaired) electrons. The summed E-state index contributed by atoms with van der Waals surface area (Å²) in [6.45, 7) is 3.94. The third-order valence-corrected chi connectivity index (χ3v) is 8.45. The third kappa shape index (κ3) is 5.63. The van der Waals surface area contributed by atoms with Crippen molar-refractivity contribution in [3.05, 3.63) is 54.1 Å². The number of aryl methyl sites for hydroxylation is 1. The van der Waals surface area contributed by atoms with E-state index in [9.17, 15) is 21.6 Å². The third-order valence-electron chi connectivity index (χ3n) is 5.03. The average molecular weight is 466 g/mol. The number of rotatable bonds is 8. The van der Waals surface area contributed by atoms with E-state index in [1.807, 2.05) is 6.92 Å². The Kier molecular flexibility index (Phi) is 7.03. The number of hydrogen-bond donors (Lipinski definition) is 2. The van der Waals surface area contributed by atoms with Crippen molar-refractivity contribution >= 4 is 37.3 Å². The van der Waals surface area contributed by atoms with Crippen LogP contribution in [0.15, 0.2) is 53.4 Å². The number of carbonyl (C=O) groups excluding carboxylic acids is 1. The molecule has 1 aliphatic heterocycles. The van der Waals surface area contributed by atoms with Crippen LogP contribution in [0.3, 0.4) is 0 Å². The van der Waals surface area contributed by atoms with Crippen LogP contribution in [0.4, 0.5) is 11.4 Å². The van der Waals surface area contributed by atoms with Crippen LogP contribution < -0.4 is 10.0 Å². The minimum absolute atomic E-state index is 0.0262. The van der Waals surface area contributed by atoms with Gasteiger partial charge in [0.05, 0.1) is 10.6 Å². The van der Waals surface area contributed by atoms with E-state index in [0.29, 0.717) is 30.6 Å². The van der Waals surface area contributed by atoms with Crippen LogP contribution in [0, 0.1) is 6.92 Å². The fourth-order valence-electron chi connectivity index (χ4n) is 3.48. The number of sulfonamides is 2. The van der Waals surface area contributed by atoms with Gasteiger partial charge >= 0.3 is 0 Å². The standard InChI is InChI=1S/C21H27N3O5S2/c1-3-15-30(26,27)23-18-10-8-17(9-11-18)22-21(25)20-5-4-14-24(20)31(28,29)19-12-6-16(2)7-13-19/h6-13,20,23H,3-5,14-15H2,1-2H3,(H,22,25)/t20-/m0/s1. The Bertz CT molecular complexity index is 1130. The minimum Gasteiger partial charge on any atom is -0.325 e. The van der Waals surface area contributed by atoms with E-state index in [1.54, 1.807) is 55.5 Å². The molecule has 0 aliphatic carbocycles. The molecule has 0 unspecified atom stereocenters. The molecule has 31 heavy (non-hydrogen) atoms. The first-order valence-electron chi connectivity index (χ1n) is 10.1. The van der Waals surface area contributed by atoms with Gasteiger partial charge in [-0.3, -0.25) is 9.52 Å². The van der Waals surface area contributed by atoms with Crippen LogP contribution in [-0.4, -0.2) is 45.4 Å². The first kappa shape index (κ1) is 23.2. The van der Waals surface area contributed by atoms with Crippen LogP contribution in [0.5, 0.6) is 0 Å². The summed E-state index contributed by atoms with van der Waals surface area (Å²) < 4.78 is 53.5. The second-order valence-electron chi connectivity index (χ2n) is 7.57. The van der Waals surface area contributed by atoms with Crippen molar-refractivity contribution in [2.45, 2.75) is 44.0 Å². The molecule has 8 nitrogen and oxygen atoms in total. The van der Waals surface area contributed by atoms with Crippen molar-refractivity contribution < 1.29 is 21.6 Å². The minimum atomic E-state index is -3.78. The van der Waals surface area contributed by atoms with Gasteiger partial charge in [0.15, 0.2) is 0 Å². The van der Waals surface area contributed by atoms with E-state index in [2.05, 4.69) is 10.0 Å². The highest BCUT2D eigenvalue weighted by Gasteiger charge is 2.39. The summed E-state index contributed by atoms with van der Waals surface area (Å²) in [6, 6.07) is 12.0. The van der Waals surface area contributed by atoms with E-state index in [0.717, 1.165) is 5.56 Å². The summed E-state index contributed by atoms with van der Waals surface area (Å²) in [5.74, 6) is -0.383. The fraction of sp³-hybridized carbons (Fsp3) is 0.381. The zero-order valence-corrected chi connectivity index (χ0v) is 19.2. The average Bonchev–Trinajstić information content (AvgIpc) is 3.20. The lowest BCUT2D eigenvalue weighted by Gasteiger charge is -2.23. The van der Waals surface area contributed by atoms with Gasteiger partial charge in [-0.1, -0.05) is 24.6 Å². The molecule has 1 aliphatic rings. The molecule has 0 bridgehead atoms. The lowest BCUT2D eigenvalue weighted by atomic mass is 10.2. The van der Waals surface area contributed by atoms with Crippen molar-refractivity contribution in [3.8, 4) is 0 Å². The van der Waals surface area contributed by atoms with Gasteiger partial charge in [-0.25, -0.2) is 16.8 Å². The van der Waals surface area contributed by atoms with Crippen molar-refractivity contribution in [3.63, 3.8) is 0 Å². The molecular formula is C21H27N3O5S2. The summed E-state index contributed by atoms with van der Waals surface area (Å²) in [5, 5.41) is 2.74. The Balaban J connectivity index is 1.70. The van der Waals surface area contributed by atoms with Crippen molar-refractivity contribution in [1.82, 2.24) is 4.31 Å². The molecule has 10 heteroatoms. The maximum absolute atomic E-state index is 13.0. The first-order chi connectivity index (χ1) is 14.6. The molecule has 2 N–H and O–H groups in total. The van der Waals surface area contributed by atoms with Gasteiger partial charge in [-0.2, -0.15) is 4.31 Å². The van der Waals surface area contributed by atoms with Crippen LogP contribution in [0.25, 0.3) is 0 Å². The molecule has 1 atom stereocenters. The predicted molar refractivity (Wildman–Crippen MR) is 121 cm³/mol. The van der Waals surface area contributed by atoms with E-state index >= 15 is 0 Å². The molecule has 1 fully saturated rings. The van der Waals surface area contributed by atoms with Gasteiger partial charge in [0, 0.05) is 17.9 Å². The zero-order chi connectivity index (χ0) is 22.6. The molecule has 0 aromatic heterocycles. The summed E-state index contributed by atoms with van der Waals surface area (Å²) in [6.07, 6.45) is 1.54. The molecular weight excluding hydrogens is 438 g/mol. The SMILES string of the molecule is CCCS(=O)(=O)Nc1ccc(NC(=O)[C@@H]2CCCN2S(=O)(=O)c2ccc(C)cc2)cc1. The molecule has 1 heterocycles. The van der Waals surface area contributed by atoms with E-state index in [1.165, 1.54) is 4.31 Å². The second-order valence-corrected chi connectivity index (χ2v) is 11.3. The van der Waals surface area contributed by atoms with E-state index in [-0.39, 0.29) is 17.2 Å². The number of amides is 1. The van der Waals surface area contributed by atoms with Gasteiger partial charge in [-0.05, 0) is 62.6 Å². The van der Waals surface area contributed by atoms with Crippen LogP contribution in [0.1, 0.15) is 31.7 Å². The Morgan fingerprint density at radius 3 is 2.23 bits per heavy atom. The molecule has 3 rings (SSSR count). The monoisotopic (exact) mass is 465 g/mol. The Morgan fingerprint density at radius 2 is 1.61 bits per heavy atom. The highest BCUT2D eigenvalue weighted by atomic mass is 32.2. The molecule has 168 valence electrons. The smallest absolute Gasteiger partial charge is 0.243 e. The number of benzene rings is 2.